The van der Waals surface area contributed by atoms with Crippen molar-refractivity contribution in [2.24, 2.45) is 0 Å². The summed E-state index contributed by atoms with van der Waals surface area (Å²) >= 11 is 4.30. The molecule has 1 rings (SSSR count). The van der Waals surface area contributed by atoms with Crippen LogP contribution in [0, 0.1) is 0 Å². The van der Waals surface area contributed by atoms with Gasteiger partial charge in [0, 0.05) is 18.6 Å². The highest BCUT2D eigenvalue weighted by Crippen LogP contribution is 2.25. The number of nitrogens with zero attached hydrogens (tertiary/aromatic N) is 1. The number of likely N-dealkylation sites (N-methyl/N-ethyl adjacent to an activating group) is 1. The third-order valence-electron chi connectivity index (χ3n) is 1.88. The van der Waals surface area contributed by atoms with Gasteiger partial charge in [-0.1, -0.05) is 12.8 Å². The molecule has 0 radical (unpaired) electrons. The Balaban J connectivity index is 2.17. The van der Waals surface area contributed by atoms with Crippen LogP contribution in [0.4, 0.5) is 0 Å². The van der Waals surface area contributed by atoms with Crippen LogP contribution in [0.3, 0.4) is 0 Å². The van der Waals surface area contributed by atoms with Crippen LogP contribution in [0.1, 0.15) is 13.3 Å². The van der Waals surface area contributed by atoms with E-state index in [9.17, 15) is 0 Å². The van der Waals surface area contributed by atoms with Gasteiger partial charge in [-0.2, -0.15) is 0 Å². The first kappa shape index (κ1) is 7.38. The van der Waals surface area contributed by atoms with Gasteiger partial charge in [-0.3, -0.25) is 0 Å². The van der Waals surface area contributed by atoms with E-state index in [4.69, 9.17) is 0 Å². The van der Waals surface area contributed by atoms with Gasteiger partial charge in [0.25, 0.3) is 0 Å². The maximum atomic E-state index is 4.30. The number of thiol groups is 1. The van der Waals surface area contributed by atoms with Gasteiger partial charge in [0.05, 0.1) is 0 Å². The zero-order chi connectivity index (χ0) is 6.85. The van der Waals surface area contributed by atoms with Crippen LogP contribution in [0.25, 0.3) is 0 Å². The molecule has 1 fully saturated rings. The smallest absolute Gasteiger partial charge is 0.0343 e. The molecule has 0 aromatic carbocycles. The molecule has 0 aromatic rings. The zero-order valence-electron chi connectivity index (χ0n) is 5.96. The summed E-state index contributed by atoms with van der Waals surface area (Å²) < 4.78 is 2.11. The minimum atomic E-state index is 0.660. The molecule has 1 heterocycles. The average molecular weight is 146 g/mol. The quantitative estimate of drug-likeness (QED) is 0.552. The molecule has 0 amide bonds. The minimum absolute atomic E-state index is 0.660. The zero-order valence-corrected chi connectivity index (χ0v) is 6.86. The molecule has 2 nitrogen and oxygen atoms in total. The Kier molecular flexibility index (Phi) is 2.38. The fourth-order valence-electron chi connectivity index (χ4n) is 1.24. The molecule has 2 unspecified atom stereocenters. The summed E-state index contributed by atoms with van der Waals surface area (Å²) in [7, 11) is 1.98. The van der Waals surface area contributed by atoms with Crippen molar-refractivity contribution < 1.29 is 0 Å². The van der Waals surface area contributed by atoms with E-state index in [1.807, 2.05) is 7.05 Å². The fourth-order valence-corrected chi connectivity index (χ4v) is 1.51. The normalized spacial score (nSPS) is 36.3. The third kappa shape index (κ3) is 1.39. The van der Waals surface area contributed by atoms with Crippen molar-refractivity contribution in [3.8, 4) is 0 Å². The summed E-state index contributed by atoms with van der Waals surface area (Å²) in [4.78, 5) is 0. The first-order valence-corrected chi connectivity index (χ1v) is 3.77. The number of rotatable bonds is 2. The monoisotopic (exact) mass is 146 g/mol. The number of nitrogens with one attached hydrogen (secondary N) is 1. The lowest BCUT2D eigenvalue weighted by molar-refractivity contribution is 0.143. The lowest BCUT2D eigenvalue weighted by Crippen LogP contribution is -2.52. The van der Waals surface area contributed by atoms with Crippen LogP contribution in [0.15, 0.2) is 0 Å². The second-order valence-corrected chi connectivity index (χ2v) is 3.14. The molecule has 0 aromatic heterocycles. The Morgan fingerprint density at radius 1 is 1.78 bits per heavy atom. The van der Waals surface area contributed by atoms with Crippen molar-refractivity contribution in [1.82, 2.24) is 9.62 Å². The van der Waals surface area contributed by atoms with Crippen molar-refractivity contribution in [2.45, 2.75) is 25.4 Å². The molecule has 9 heavy (non-hydrogen) atoms. The van der Waals surface area contributed by atoms with Gasteiger partial charge in [-0.15, -0.1) is 0 Å². The summed E-state index contributed by atoms with van der Waals surface area (Å²) in [6.07, 6.45) is 1.28. The van der Waals surface area contributed by atoms with E-state index >= 15 is 0 Å². The predicted molar refractivity (Wildman–Crippen MR) is 42.6 cm³/mol. The van der Waals surface area contributed by atoms with Crippen LogP contribution in [0.5, 0.6) is 0 Å². The first-order valence-electron chi connectivity index (χ1n) is 3.37. The molecule has 1 N–H and O–H groups in total. The van der Waals surface area contributed by atoms with Gasteiger partial charge in [0.15, 0.2) is 0 Å². The SMILES string of the molecule is CNCC1CC(C)N1S. The van der Waals surface area contributed by atoms with Gasteiger partial charge in [-0.25, -0.2) is 4.31 Å². The highest BCUT2D eigenvalue weighted by molar-refractivity contribution is 7.77. The van der Waals surface area contributed by atoms with E-state index < -0.39 is 0 Å². The highest BCUT2D eigenvalue weighted by Gasteiger charge is 2.31. The lowest BCUT2D eigenvalue weighted by Gasteiger charge is -2.43. The molecule has 1 aliphatic heterocycles. The van der Waals surface area contributed by atoms with E-state index in [2.05, 4.69) is 29.4 Å². The van der Waals surface area contributed by atoms with Crippen molar-refractivity contribution in [3.63, 3.8) is 0 Å². The van der Waals surface area contributed by atoms with Gasteiger partial charge in [0.2, 0.25) is 0 Å². The van der Waals surface area contributed by atoms with Gasteiger partial charge < -0.3 is 5.32 Å². The van der Waals surface area contributed by atoms with Crippen LogP contribution in [-0.4, -0.2) is 30.0 Å². The van der Waals surface area contributed by atoms with Crippen LogP contribution < -0.4 is 5.32 Å². The molecule has 2 atom stereocenters. The molecular formula is C6H14N2S. The Labute approximate surface area is 62.2 Å². The molecule has 1 aliphatic rings. The molecule has 54 valence electrons. The maximum absolute atomic E-state index is 4.30. The molecule has 0 spiro atoms. The van der Waals surface area contributed by atoms with Crippen molar-refractivity contribution in [2.75, 3.05) is 13.6 Å². The number of hydrogen-bond donors (Lipinski definition) is 2. The molecule has 1 saturated heterocycles. The second kappa shape index (κ2) is 2.90. The lowest BCUT2D eigenvalue weighted by atomic mass is 9.99. The Morgan fingerprint density at radius 3 is 2.78 bits per heavy atom. The minimum Gasteiger partial charge on any atom is -0.318 e. The van der Waals surface area contributed by atoms with E-state index in [-0.39, 0.29) is 0 Å². The summed E-state index contributed by atoms with van der Waals surface area (Å²) in [6, 6.07) is 1.33. The molecule has 0 aliphatic carbocycles. The molecular weight excluding hydrogens is 132 g/mol. The molecule has 0 bridgehead atoms. The van der Waals surface area contributed by atoms with Crippen molar-refractivity contribution in [1.29, 1.82) is 0 Å². The van der Waals surface area contributed by atoms with Crippen LogP contribution in [0.2, 0.25) is 0 Å². The highest BCUT2D eigenvalue weighted by atomic mass is 32.1. The average Bonchev–Trinajstić information content (AvgIpc) is 1.88. The van der Waals surface area contributed by atoms with Crippen LogP contribution in [-0.2, 0) is 0 Å². The summed E-state index contributed by atoms with van der Waals surface area (Å²) in [5.74, 6) is 0. The van der Waals surface area contributed by atoms with Gasteiger partial charge >= 0.3 is 0 Å². The van der Waals surface area contributed by atoms with E-state index in [1.54, 1.807) is 0 Å². The van der Waals surface area contributed by atoms with Crippen molar-refractivity contribution in [3.05, 3.63) is 0 Å². The summed E-state index contributed by atoms with van der Waals surface area (Å²) in [5.41, 5.74) is 0. The van der Waals surface area contributed by atoms with Crippen LogP contribution >= 0.6 is 12.8 Å². The van der Waals surface area contributed by atoms with Gasteiger partial charge in [0.1, 0.15) is 0 Å². The van der Waals surface area contributed by atoms with E-state index in [1.165, 1.54) is 6.42 Å². The standard InChI is InChI=1S/C6H14N2S/c1-5-3-6(4-7-2)8(5)9/h5-7,9H,3-4H2,1-2H3. The maximum Gasteiger partial charge on any atom is 0.0343 e. The largest absolute Gasteiger partial charge is 0.318 e. The van der Waals surface area contributed by atoms with E-state index in [0.717, 1.165) is 6.54 Å². The molecule has 0 saturated carbocycles. The number of hydrogen-bond acceptors (Lipinski definition) is 3. The Morgan fingerprint density at radius 2 is 2.44 bits per heavy atom. The summed E-state index contributed by atoms with van der Waals surface area (Å²) in [6.45, 7) is 3.26. The first-order chi connectivity index (χ1) is 4.25. The predicted octanol–water partition coefficient (Wildman–Crippen LogP) is 0.513. The Hall–Kier alpha value is 0.270. The van der Waals surface area contributed by atoms with Gasteiger partial charge in [-0.05, 0) is 20.4 Å². The van der Waals surface area contributed by atoms with Crippen molar-refractivity contribution >= 4 is 12.8 Å². The summed E-state index contributed by atoms with van der Waals surface area (Å²) in [5, 5.41) is 3.13. The molecule has 3 heteroatoms. The fraction of sp³-hybridized carbons (Fsp3) is 1.00. The topological polar surface area (TPSA) is 15.3 Å². The third-order valence-corrected chi connectivity index (χ3v) is 2.60. The second-order valence-electron chi connectivity index (χ2n) is 2.68. The Bertz CT molecular complexity index is 95.1. The van der Waals surface area contributed by atoms with E-state index in [0.29, 0.717) is 12.1 Å².